The third kappa shape index (κ3) is 3.84. The zero-order chi connectivity index (χ0) is 12.3. The van der Waals surface area contributed by atoms with Crippen molar-refractivity contribution in [2.24, 2.45) is 5.92 Å². The summed E-state index contributed by atoms with van der Waals surface area (Å²) in [5, 5.41) is 9.44. The zero-order valence-electron chi connectivity index (χ0n) is 9.46. The molecule has 90 valence electrons. The number of carboxylic acid groups (broad SMARTS) is 1. The molecule has 0 saturated heterocycles. The molecule has 0 saturated carbocycles. The second-order valence-corrected chi connectivity index (χ2v) is 5.85. The number of hydrogen-bond donors (Lipinski definition) is 1. The van der Waals surface area contributed by atoms with Gasteiger partial charge in [-0.3, -0.25) is 4.79 Å². The van der Waals surface area contributed by atoms with E-state index in [2.05, 4.69) is 13.8 Å². The lowest BCUT2D eigenvalue weighted by Crippen LogP contribution is -2.25. The van der Waals surface area contributed by atoms with Crippen LogP contribution in [0, 0.1) is 5.92 Å². The molecule has 4 heteroatoms. The Kier molecular flexibility index (Phi) is 4.45. The summed E-state index contributed by atoms with van der Waals surface area (Å²) in [4.78, 5) is 9.80. The van der Waals surface area contributed by atoms with Crippen LogP contribution < -0.4 is 0 Å². The number of carboxylic acids is 1. The van der Waals surface area contributed by atoms with Gasteiger partial charge in [0.05, 0.1) is 11.3 Å². The molecule has 0 heterocycles. The Hall–Kier alpha value is -0.470. The van der Waals surface area contributed by atoms with Crippen LogP contribution in [0.3, 0.4) is 0 Å². The highest BCUT2D eigenvalue weighted by molar-refractivity contribution is 6.33. The van der Waals surface area contributed by atoms with Crippen molar-refractivity contribution in [1.29, 1.82) is 0 Å². The predicted octanol–water partition coefficient (Wildman–Crippen LogP) is 3.94. The molecule has 1 N–H and O–H groups in total. The van der Waals surface area contributed by atoms with Crippen LogP contribution in [-0.4, -0.2) is 16.0 Å². The zero-order valence-corrected chi connectivity index (χ0v) is 11.0. The van der Waals surface area contributed by atoms with E-state index in [1.165, 1.54) is 0 Å². The van der Waals surface area contributed by atoms with Gasteiger partial charge in [0.1, 0.15) is 0 Å². The molecule has 0 bridgehead atoms. The molecule has 16 heavy (non-hydrogen) atoms. The van der Waals surface area contributed by atoms with Crippen LogP contribution in [0.25, 0.3) is 0 Å². The van der Waals surface area contributed by atoms with Gasteiger partial charge in [-0.2, -0.15) is 0 Å². The number of aliphatic carboxylic acids is 1. The Morgan fingerprint density at radius 1 is 1.62 bits per heavy atom. The summed E-state index contributed by atoms with van der Waals surface area (Å²) in [5.74, 6) is -0.382. The summed E-state index contributed by atoms with van der Waals surface area (Å²) >= 11 is 12.3. The van der Waals surface area contributed by atoms with Gasteiger partial charge >= 0.3 is 5.97 Å². The first-order valence-corrected chi connectivity index (χ1v) is 6.05. The van der Waals surface area contributed by atoms with Crippen molar-refractivity contribution in [1.82, 2.24) is 0 Å². The van der Waals surface area contributed by atoms with Crippen molar-refractivity contribution in [3.63, 3.8) is 0 Å². The Morgan fingerprint density at radius 2 is 2.25 bits per heavy atom. The summed E-state index contributed by atoms with van der Waals surface area (Å²) in [6.07, 6.45) is 4.82. The van der Waals surface area contributed by atoms with E-state index in [0.29, 0.717) is 17.4 Å². The van der Waals surface area contributed by atoms with Crippen molar-refractivity contribution in [3.05, 3.63) is 22.8 Å². The number of halogens is 2. The van der Waals surface area contributed by atoms with Crippen LogP contribution in [0.1, 0.15) is 33.1 Å². The van der Waals surface area contributed by atoms with E-state index < -0.39 is 10.8 Å². The average Bonchev–Trinajstić information content (AvgIpc) is 2.08. The first kappa shape index (κ1) is 13.6. The molecule has 0 aromatic rings. The molecule has 1 rings (SSSR count). The lowest BCUT2D eigenvalue weighted by Gasteiger charge is -2.26. The Bertz CT molecular complexity index is 345. The Morgan fingerprint density at radius 3 is 2.69 bits per heavy atom. The summed E-state index contributed by atoms with van der Waals surface area (Å²) in [6, 6.07) is 0. The minimum Gasteiger partial charge on any atom is -0.481 e. The maximum atomic E-state index is 10.7. The number of carbonyl (C=O) groups is 1. The van der Waals surface area contributed by atoms with E-state index in [9.17, 15) is 4.79 Å². The summed E-state index contributed by atoms with van der Waals surface area (Å²) < 4.78 is 0. The SMILES string of the molecule is CC(C)CC1=C(Cl)CC(Cl)(CC(=O)O)C=C1. The fourth-order valence-corrected chi connectivity index (χ4v) is 2.52. The van der Waals surface area contributed by atoms with Gasteiger partial charge in [-0.1, -0.05) is 37.6 Å². The van der Waals surface area contributed by atoms with Crippen LogP contribution >= 0.6 is 23.2 Å². The van der Waals surface area contributed by atoms with Gasteiger partial charge in [-0.05, 0) is 17.9 Å². The quantitative estimate of drug-likeness (QED) is 0.780. The average molecular weight is 263 g/mol. The van der Waals surface area contributed by atoms with Gasteiger partial charge in [0.15, 0.2) is 0 Å². The highest BCUT2D eigenvalue weighted by Gasteiger charge is 2.31. The highest BCUT2D eigenvalue weighted by Crippen LogP contribution is 2.38. The molecule has 0 aromatic heterocycles. The van der Waals surface area contributed by atoms with Crippen molar-refractivity contribution < 1.29 is 9.90 Å². The Balaban J connectivity index is 2.75. The monoisotopic (exact) mass is 262 g/mol. The molecular formula is C12H16Cl2O2. The van der Waals surface area contributed by atoms with Crippen LogP contribution in [0.15, 0.2) is 22.8 Å². The van der Waals surface area contributed by atoms with Crippen LogP contribution in [-0.2, 0) is 4.79 Å². The lowest BCUT2D eigenvalue weighted by molar-refractivity contribution is -0.137. The minimum atomic E-state index is -0.906. The summed E-state index contributed by atoms with van der Waals surface area (Å²) in [6.45, 7) is 4.23. The van der Waals surface area contributed by atoms with Crippen LogP contribution in [0.5, 0.6) is 0 Å². The molecule has 1 aliphatic carbocycles. The predicted molar refractivity (Wildman–Crippen MR) is 66.9 cm³/mol. The third-order valence-corrected chi connectivity index (χ3v) is 3.22. The van der Waals surface area contributed by atoms with Gasteiger partial charge < -0.3 is 5.11 Å². The van der Waals surface area contributed by atoms with Crippen molar-refractivity contribution in [3.8, 4) is 0 Å². The smallest absolute Gasteiger partial charge is 0.305 e. The van der Waals surface area contributed by atoms with Gasteiger partial charge in [0, 0.05) is 11.5 Å². The van der Waals surface area contributed by atoms with E-state index in [-0.39, 0.29) is 6.42 Å². The molecule has 1 aliphatic rings. The van der Waals surface area contributed by atoms with E-state index in [4.69, 9.17) is 28.3 Å². The topological polar surface area (TPSA) is 37.3 Å². The van der Waals surface area contributed by atoms with Crippen LogP contribution in [0.4, 0.5) is 0 Å². The summed E-state index contributed by atoms with van der Waals surface area (Å²) in [5.41, 5.74) is 1.07. The van der Waals surface area contributed by atoms with Crippen molar-refractivity contribution in [2.75, 3.05) is 0 Å². The van der Waals surface area contributed by atoms with Crippen molar-refractivity contribution in [2.45, 2.75) is 38.0 Å². The van der Waals surface area contributed by atoms with Gasteiger partial charge in [-0.15, -0.1) is 11.6 Å². The van der Waals surface area contributed by atoms with Crippen LogP contribution in [0.2, 0.25) is 0 Å². The molecule has 0 spiro atoms. The fraction of sp³-hybridized carbons (Fsp3) is 0.583. The normalized spacial score (nSPS) is 25.3. The van der Waals surface area contributed by atoms with Crippen molar-refractivity contribution >= 4 is 29.2 Å². The number of hydrogen-bond acceptors (Lipinski definition) is 1. The number of allylic oxidation sites excluding steroid dienone is 4. The van der Waals surface area contributed by atoms with Gasteiger partial charge in [0.25, 0.3) is 0 Å². The fourth-order valence-electron chi connectivity index (χ4n) is 1.76. The molecule has 1 unspecified atom stereocenters. The second-order valence-electron chi connectivity index (χ2n) is 4.64. The second kappa shape index (κ2) is 5.24. The Labute approximate surface area is 106 Å². The summed E-state index contributed by atoms with van der Waals surface area (Å²) in [7, 11) is 0. The first-order chi connectivity index (χ1) is 7.32. The minimum absolute atomic E-state index is 0.101. The molecule has 0 amide bonds. The van der Waals surface area contributed by atoms with E-state index in [1.54, 1.807) is 6.08 Å². The lowest BCUT2D eigenvalue weighted by atomic mass is 9.89. The first-order valence-electron chi connectivity index (χ1n) is 5.30. The van der Waals surface area contributed by atoms with Gasteiger partial charge in [0.2, 0.25) is 0 Å². The molecule has 0 fully saturated rings. The molecule has 0 aromatic carbocycles. The van der Waals surface area contributed by atoms with E-state index in [1.807, 2.05) is 6.08 Å². The number of rotatable bonds is 4. The third-order valence-electron chi connectivity index (χ3n) is 2.45. The largest absolute Gasteiger partial charge is 0.481 e. The molecular weight excluding hydrogens is 247 g/mol. The number of alkyl halides is 1. The molecule has 0 radical (unpaired) electrons. The van der Waals surface area contributed by atoms with Gasteiger partial charge in [-0.25, -0.2) is 0 Å². The maximum Gasteiger partial charge on any atom is 0.305 e. The maximum absolute atomic E-state index is 10.7. The standard InChI is InChI=1S/C12H16Cl2O2/c1-8(2)5-9-3-4-12(14,6-10(9)13)7-11(15)16/h3-4,8H,5-7H2,1-2H3,(H,15,16). The van der Waals surface area contributed by atoms with E-state index >= 15 is 0 Å². The van der Waals surface area contributed by atoms with E-state index in [0.717, 1.165) is 12.0 Å². The molecule has 1 atom stereocenters. The highest BCUT2D eigenvalue weighted by atomic mass is 35.5. The molecule has 0 aliphatic heterocycles. The molecule has 2 nitrogen and oxygen atoms in total.